The fourth-order valence-corrected chi connectivity index (χ4v) is 3.63. The van der Waals surface area contributed by atoms with Gasteiger partial charge in [-0.25, -0.2) is 0 Å². The van der Waals surface area contributed by atoms with Gasteiger partial charge in [0.1, 0.15) is 0 Å². The molecule has 1 aliphatic rings. The summed E-state index contributed by atoms with van der Waals surface area (Å²) in [6.07, 6.45) is 1.46. The van der Waals surface area contributed by atoms with Gasteiger partial charge in [-0.15, -0.1) is 0 Å². The molecule has 5 heteroatoms. The molecule has 0 radical (unpaired) electrons. The van der Waals surface area contributed by atoms with Crippen molar-refractivity contribution in [3.8, 4) is 0 Å². The second kappa shape index (κ2) is 6.37. The maximum atomic E-state index is 12.4. The van der Waals surface area contributed by atoms with Gasteiger partial charge in [-0.05, 0) is 59.8 Å². The van der Waals surface area contributed by atoms with E-state index >= 15 is 0 Å². The SMILES string of the molecule is CC(O)C1CCN(C(=O)c2ccc(Br)cc2Br)CC1. The van der Waals surface area contributed by atoms with Gasteiger partial charge >= 0.3 is 0 Å². The van der Waals surface area contributed by atoms with E-state index in [2.05, 4.69) is 31.9 Å². The second-order valence-corrected chi connectivity index (χ2v) is 6.76. The minimum absolute atomic E-state index is 0.0587. The summed E-state index contributed by atoms with van der Waals surface area (Å²) in [5.74, 6) is 0.376. The van der Waals surface area contributed by atoms with Gasteiger partial charge in [0.15, 0.2) is 0 Å². The number of likely N-dealkylation sites (tertiary alicyclic amines) is 1. The molecular weight excluding hydrogens is 374 g/mol. The molecule has 19 heavy (non-hydrogen) atoms. The van der Waals surface area contributed by atoms with Gasteiger partial charge in [0, 0.05) is 22.0 Å². The van der Waals surface area contributed by atoms with Crippen molar-refractivity contribution in [3.63, 3.8) is 0 Å². The molecule has 0 bridgehead atoms. The van der Waals surface area contributed by atoms with E-state index in [4.69, 9.17) is 0 Å². The number of aliphatic hydroxyl groups excluding tert-OH is 1. The quantitative estimate of drug-likeness (QED) is 0.840. The van der Waals surface area contributed by atoms with E-state index in [0.29, 0.717) is 11.5 Å². The molecule has 1 aromatic rings. The minimum atomic E-state index is -0.281. The average molecular weight is 391 g/mol. The number of piperidine rings is 1. The van der Waals surface area contributed by atoms with Crippen molar-refractivity contribution in [3.05, 3.63) is 32.7 Å². The Kier molecular flexibility index (Phi) is 5.03. The lowest BCUT2D eigenvalue weighted by Crippen LogP contribution is -2.40. The molecule has 2 rings (SSSR count). The number of rotatable bonds is 2. The zero-order valence-corrected chi connectivity index (χ0v) is 13.9. The number of carbonyl (C=O) groups is 1. The lowest BCUT2D eigenvalue weighted by Gasteiger charge is -2.33. The third kappa shape index (κ3) is 3.58. The highest BCUT2D eigenvalue weighted by Crippen LogP contribution is 2.26. The number of hydrogen-bond donors (Lipinski definition) is 1. The first-order chi connectivity index (χ1) is 8.99. The second-order valence-electron chi connectivity index (χ2n) is 4.99. The van der Waals surface area contributed by atoms with Crippen molar-refractivity contribution in [1.82, 2.24) is 4.90 Å². The number of halogens is 2. The number of hydrogen-bond acceptors (Lipinski definition) is 2. The molecule has 1 unspecified atom stereocenters. The van der Waals surface area contributed by atoms with E-state index in [1.54, 1.807) is 0 Å². The standard InChI is InChI=1S/C14H17Br2NO2/c1-9(18)10-4-6-17(7-5-10)14(19)12-3-2-11(15)8-13(12)16/h2-3,8-10,18H,4-7H2,1H3. The predicted octanol–water partition coefficient (Wildman–Crippen LogP) is 3.44. The molecule has 1 fully saturated rings. The van der Waals surface area contributed by atoms with Crippen LogP contribution in [0.3, 0.4) is 0 Å². The Labute approximate surface area is 130 Å². The maximum absolute atomic E-state index is 12.4. The molecule has 1 aliphatic heterocycles. The van der Waals surface area contributed by atoms with Crippen LogP contribution >= 0.6 is 31.9 Å². The summed E-state index contributed by atoms with van der Waals surface area (Å²) < 4.78 is 1.76. The van der Waals surface area contributed by atoms with Crippen molar-refractivity contribution in [2.24, 2.45) is 5.92 Å². The minimum Gasteiger partial charge on any atom is -0.393 e. The molecule has 0 aromatic heterocycles. The molecule has 0 aliphatic carbocycles. The van der Waals surface area contributed by atoms with Crippen LogP contribution < -0.4 is 0 Å². The van der Waals surface area contributed by atoms with Crippen LogP contribution in [-0.4, -0.2) is 35.1 Å². The van der Waals surface area contributed by atoms with Crippen LogP contribution in [0.1, 0.15) is 30.1 Å². The van der Waals surface area contributed by atoms with Gasteiger partial charge in [-0.2, -0.15) is 0 Å². The molecule has 1 saturated heterocycles. The summed E-state index contributed by atoms with van der Waals surface area (Å²) in [5, 5.41) is 9.58. The first-order valence-corrected chi connectivity index (χ1v) is 8.00. The Bertz CT molecular complexity index is 469. The Morgan fingerprint density at radius 2 is 2.00 bits per heavy atom. The van der Waals surface area contributed by atoms with Crippen LogP contribution in [0.4, 0.5) is 0 Å². The first kappa shape index (κ1) is 15.0. The number of benzene rings is 1. The van der Waals surface area contributed by atoms with E-state index in [1.807, 2.05) is 30.0 Å². The predicted molar refractivity (Wildman–Crippen MR) is 82.2 cm³/mol. The maximum Gasteiger partial charge on any atom is 0.254 e. The highest BCUT2D eigenvalue weighted by Gasteiger charge is 2.26. The molecule has 1 atom stereocenters. The zero-order chi connectivity index (χ0) is 14.0. The molecule has 1 heterocycles. The lowest BCUT2D eigenvalue weighted by molar-refractivity contribution is 0.0520. The van der Waals surface area contributed by atoms with Crippen LogP contribution in [0.2, 0.25) is 0 Å². The molecule has 104 valence electrons. The number of aliphatic hydroxyl groups is 1. The Balaban J connectivity index is 2.05. The first-order valence-electron chi connectivity index (χ1n) is 6.41. The van der Waals surface area contributed by atoms with Crippen molar-refractivity contribution >= 4 is 37.8 Å². The van der Waals surface area contributed by atoms with Crippen molar-refractivity contribution in [2.45, 2.75) is 25.9 Å². The van der Waals surface area contributed by atoms with Gasteiger partial charge in [-0.1, -0.05) is 15.9 Å². The molecular formula is C14H17Br2NO2. The normalized spacial score (nSPS) is 18.4. The van der Waals surface area contributed by atoms with E-state index in [0.717, 1.165) is 34.9 Å². The fraction of sp³-hybridized carbons (Fsp3) is 0.500. The Morgan fingerprint density at radius 3 is 2.53 bits per heavy atom. The summed E-state index contributed by atoms with van der Waals surface area (Å²) >= 11 is 6.81. The molecule has 0 saturated carbocycles. The monoisotopic (exact) mass is 389 g/mol. The van der Waals surface area contributed by atoms with Crippen LogP contribution in [0, 0.1) is 5.92 Å². The summed E-state index contributed by atoms with van der Waals surface area (Å²) in [5.41, 5.74) is 0.693. The Morgan fingerprint density at radius 1 is 1.37 bits per heavy atom. The van der Waals surface area contributed by atoms with Gasteiger partial charge in [0.2, 0.25) is 0 Å². The molecule has 1 aromatic carbocycles. The molecule has 3 nitrogen and oxygen atoms in total. The van der Waals surface area contributed by atoms with Crippen LogP contribution in [-0.2, 0) is 0 Å². The molecule has 0 spiro atoms. The lowest BCUT2D eigenvalue weighted by atomic mass is 9.92. The third-order valence-electron chi connectivity index (χ3n) is 3.67. The fourth-order valence-electron chi connectivity index (χ4n) is 2.42. The number of nitrogens with zero attached hydrogens (tertiary/aromatic N) is 1. The van der Waals surface area contributed by atoms with E-state index in [9.17, 15) is 9.90 Å². The van der Waals surface area contributed by atoms with Crippen LogP contribution in [0.15, 0.2) is 27.1 Å². The number of carbonyl (C=O) groups excluding carboxylic acids is 1. The van der Waals surface area contributed by atoms with E-state index in [1.165, 1.54) is 0 Å². The van der Waals surface area contributed by atoms with Gasteiger partial charge in [-0.3, -0.25) is 4.79 Å². The Hall–Kier alpha value is -0.390. The van der Waals surface area contributed by atoms with Crippen molar-refractivity contribution in [2.75, 3.05) is 13.1 Å². The molecule has 1 amide bonds. The third-order valence-corrected chi connectivity index (χ3v) is 4.82. The van der Waals surface area contributed by atoms with E-state index in [-0.39, 0.29) is 12.0 Å². The summed E-state index contributed by atoms with van der Waals surface area (Å²) in [4.78, 5) is 14.3. The largest absolute Gasteiger partial charge is 0.393 e. The smallest absolute Gasteiger partial charge is 0.254 e. The average Bonchev–Trinajstić information content (AvgIpc) is 2.38. The summed E-state index contributed by atoms with van der Waals surface area (Å²) in [6.45, 7) is 3.27. The van der Waals surface area contributed by atoms with Crippen molar-refractivity contribution < 1.29 is 9.90 Å². The zero-order valence-electron chi connectivity index (χ0n) is 10.8. The topological polar surface area (TPSA) is 40.5 Å². The van der Waals surface area contributed by atoms with Crippen molar-refractivity contribution in [1.29, 1.82) is 0 Å². The summed E-state index contributed by atoms with van der Waals surface area (Å²) in [6, 6.07) is 5.59. The molecule has 1 N–H and O–H groups in total. The van der Waals surface area contributed by atoms with Gasteiger partial charge in [0.25, 0.3) is 5.91 Å². The van der Waals surface area contributed by atoms with Crippen LogP contribution in [0.5, 0.6) is 0 Å². The highest BCUT2D eigenvalue weighted by atomic mass is 79.9. The van der Waals surface area contributed by atoms with Crippen LogP contribution in [0.25, 0.3) is 0 Å². The summed E-state index contributed by atoms with van der Waals surface area (Å²) in [7, 11) is 0. The highest BCUT2D eigenvalue weighted by molar-refractivity contribution is 9.11. The van der Waals surface area contributed by atoms with Gasteiger partial charge < -0.3 is 10.0 Å². The van der Waals surface area contributed by atoms with Gasteiger partial charge in [0.05, 0.1) is 11.7 Å². The number of amides is 1. The van der Waals surface area contributed by atoms with E-state index < -0.39 is 0 Å².